The summed E-state index contributed by atoms with van der Waals surface area (Å²) in [6.07, 6.45) is 5.32. The zero-order valence-electron chi connectivity index (χ0n) is 24.2. The fourth-order valence-electron chi connectivity index (χ4n) is 4.36. The largest absolute Gasteiger partial charge is 0.296 e. The van der Waals surface area contributed by atoms with E-state index in [-0.39, 0.29) is 23.6 Å². The molecule has 0 aliphatic carbocycles. The molecule has 4 rings (SSSR count). The fraction of sp³-hybridized carbons (Fsp3) is 0.303. The van der Waals surface area contributed by atoms with E-state index in [1.165, 1.54) is 11.1 Å². The Morgan fingerprint density at radius 3 is 2.36 bits per heavy atom. The molecule has 3 aromatic rings. The maximum atomic E-state index is 15.3. The summed E-state index contributed by atoms with van der Waals surface area (Å²) in [7, 11) is 1.71. The minimum absolute atomic E-state index is 0.137. The molecule has 1 aromatic heterocycles. The van der Waals surface area contributed by atoms with E-state index in [1.54, 1.807) is 31.6 Å². The Morgan fingerprint density at radius 1 is 1.03 bits per heavy atom. The van der Waals surface area contributed by atoms with Crippen LogP contribution >= 0.6 is 0 Å². The first-order valence-electron chi connectivity index (χ1n) is 13.2. The summed E-state index contributed by atoms with van der Waals surface area (Å²) in [5.41, 5.74) is 6.72. The first kappa shape index (κ1) is 29.6. The molecule has 0 fully saturated rings. The van der Waals surface area contributed by atoms with E-state index >= 15 is 8.78 Å². The van der Waals surface area contributed by atoms with Gasteiger partial charge in [0.05, 0.1) is 24.2 Å². The molecule has 0 N–H and O–H groups in total. The molecule has 0 saturated heterocycles. The van der Waals surface area contributed by atoms with Crippen LogP contribution < -0.4 is 0 Å². The first-order valence-corrected chi connectivity index (χ1v) is 13.2. The van der Waals surface area contributed by atoms with Crippen molar-refractivity contribution in [2.75, 3.05) is 7.05 Å². The Kier molecular flexibility index (Phi) is 9.33. The molecule has 0 amide bonds. The standard InChI is InChI=1S/C31H32F2N4.C2H6/c1-8-21(16-34-7)29-14-24(11-19(2)36-29)22-9-10-23(27(32)13-22)18-37-20(3)30-25(17-35-37)12-26(15-28(30)33)31(4,5)6;1-2/h8-17H,3,18H2,1-2,4-7H3;1-2H3/b21-8+,34-16?;. The van der Waals surface area contributed by atoms with Gasteiger partial charge in [-0.25, -0.2) is 8.78 Å². The van der Waals surface area contributed by atoms with Crippen molar-refractivity contribution >= 4 is 23.7 Å². The highest BCUT2D eigenvalue weighted by atomic mass is 19.1. The number of benzene rings is 2. The Morgan fingerprint density at radius 2 is 1.74 bits per heavy atom. The summed E-state index contributed by atoms with van der Waals surface area (Å²) in [5, 5.41) is 5.99. The van der Waals surface area contributed by atoms with Crippen LogP contribution in [0.4, 0.5) is 8.78 Å². The third kappa shape index (κ3) is 6.56. The van der Waals surface area contributed by atoms with Gasteiger partial charge in [0.15, 0.2) is 0 Å². The van der Waals surface area contributed by atoms with Crippen molar-refractivity contribution in [3.63, 3.8) is 0 Å². The summed E-state index contributed by atoms with van der Waals surface area (Å²) in [5.74, 6) is -0.718. The Hall–Kier alpha value is -3.93. The van der Waals surface area contributed by atoms with Crippen molar-refractivity contribution in [2.24, 2.45) is 10.1 Å². The number of hydrogen-bond acceptors (Lipinski definition) is 4. The van der Waals surface area contributed by atoms with E-state index in [9.17, 15) is 0 Å². The van der Waals surface area contributed by atoms with Crippen LogP contribution in [0.25, 0.3) is 22.4 Å². The number of aliphatic imine (C=N–C) groups is 1. The van der Waals surface area contributed by atoms with Crippen LogP contribution in [0.2, 0.25) is 0 Å². The molecule has 4 nitrogen and oxygen atoms in total. The van der Waals surface area contributed by atoms with Gasteiger partial charge in [-0.05, 0) is 66.3 Å². The topological polar surface area (TPSA) is 40.9 Å². The average molecular weight is 529 g/mol. The van der Waals surface area contributed by atoms with Gasteiger partial charge in [0.1, 0.15) is 11.6 Å². The number of rotatable bonds is 5. The molecule has 0 spiro atoms. The first-order chi connectivity index (χ1) is 18.5. The Bertz CT molecular complexity index is 1460. The number of fused-ring (bicyclic) bond motifs is 1. The van der Waals surface area contributed by atoms with E-state index < -0.39 is 0 Å². The molecule has 39 heavy (non-hydrogen) atoms. The van der Waals surface area contributed by atoms with Gasteiger partial charge < -0.3 is 0 Å². The second-order valence-electron chi connectivity index (χ2n) is 10.2. The van der Waals surface area contributed by atoms with Crippen LogP contribution in [0.5, 0.6) is 0 Å². The van der Waals surface area contributed by atoms with Gasteiger partial charge in [0, 0.05) is 41.2 Å². The number of allylic oxidation sites excluding steroid dienone is 2. The Balaban J connectivity index is 0.00000205. The molecule has 0 saturated carbocycles. The van der Waals surface area contributed by atoms with Crippen LogP contribution in [0, 0.1) is 18.6 Å². The lowest BCUT2D eigenvalue weighted by molar-refractivity contribution is 0.401. The molecular formula is C33H38F2N4. The van der Waals surface area contributed by atoms with Crippen LogP contribution in [-0.2, 0) is 12.0 Å². The van der Waals surface area contributed by atoms with Crippen LogP contribution in [0.3, 0.4) is 0 Å². The number of hydrazone groups is 1. The highest BCUT2D eigenvalue weighted by Gasteiger charge is 2.25. The normalized spacial score (nSPS) is 13.4. The third-order valence-corrected chi connectivity index (χ3v) is 6.46. The fourth-order valence-corrected chi connectivity index (χ4v) is 4.36. The number of nitrogens with zero attached hydrogens (tertiary/aromatic N) is 4. The highest BCUT2D eigenvalue weighted by Crippen LogP contribution is 2.34. The molecule has 1 aliphatic rings. The van der Waals surface area contributed by atoms with E-state index in [1.807, 2.05) is 78.8 Å². The van der Waals surface area contributed by atoms with Crippen molar-refractivity contribution in [3.8, 4) is 11.1 Å². The molecule has 0 unspecified atom stereocenters. The quantitative estimate of drug-likeness (QED) is 0.311. The van der Waals surface area contributed by atoms with E-state index in [0.717, 1.165) is 33.7 Å². The minimum atomic E-state index is -0.368. The van der Waals surface area contributed by atoms with Gasteiger partial charge in [0.25, 0.3) is 0 Å². The van der Waals surface area contributed by atoms with Gasteiger partial charge >= 0.3 is 0 Å². The van der Waals surface area contributed by atoms with Crippen molar-refractivity contribution < 1.29 is 8.78 Å². The van der Waals surface area contributed by atoms with Gasteiger partial charge in [-0.15, -0.1) is 0 Å². The van der Waals surface area contributed by atoms with Gasteiger partial charge in [-0.1, -0.05) is 59.4 Å². The summed E-state index contributed by atoms with van der Waals surface area (Å²) < 4.78 is 30.4. The lowest BCUT2D eigenvalue weighted by Gasteiger charge is -2.28. The second-order valence-corrected chi connectivity index (χ2v) is 10.2. The average Bonchev–Trinajstić information content (AvgIpc) is 2.89. The summed E-state index contributed by atoms with van der Waals surface area (Å²) >= 11 is 0. The third-order valence-electron chi connectivity index (χ3n) is 6.46. The highest BCUT2D eigenvalue weighted by molar-refractivity contribution is 6.09. The molecular weight excluding hydrogens is 490 g/mol. The summed E-state index contributed by atoms with van der Waals surface area (Å²) in [6.45, 7) is 18.2. The Labute approximate surface area is 231 Å². The van der Waals surface area contributed by atoms with Crippen LogP contribution in [0.15, 0.2) is 65.2 Å². The molecule has 204 valence electrons. The van der Waals surface area contributed by atoms with Crippen molar-refractivity contribution in [2.45, 2.75) is 60.4 Å². The number of aryl methyl sites for hydroxylation is 1. The molecule has 0 radical (unpaired) electrons. The predicted octanol–water partition coefficient (Wildman–Crippen LogP) is 8.58. The summed E-state index contributed by atoms with van der Waals surface area (Å²) in [6, 6.07) is 12.5. The SMILES string of the molecule is C=C1c2c(F)cc(C(C)(C)C)cc2C=NN1Cc1ccc(-c2cc(C)nc(/C(C=NC)=C/C)c2)cc1F.CC. The van der Waals surface area contributed by atoms with E-state index in [2.05, 4.69) is 21.7 Å². The molecule has 0 bridgehead atoms. The predicted molar refractivity (Wildman–Crippen MR) is 161 cm³/mol. The zero-order chi connectivity index (χ0) is 28.9. The number of halogens is 2. The zero-order valence-corrected chi connectivity index (χ0v) is 24.2. The number of pyridine rings is 1. The van der Waals surface area contributed by atoms with Gasteiger partial charge in [-0.2, -0.15) is 5.10 Å². The smallest absolute Gasteiger partial charge is 0.133 e. The molecule has 2 heterocycles. The molecule has 1 aliphatic heterocycles. The van der Waals surface area contributed by atoms with Crippen molar-refractivity contribution in [1.29, 1.82) is 0 Å². The lowest BCUT2D eigenvalue weighted by Crippen LogP contribution is -2.23. The van der Waals surface area contributed by atoms with Crippen LogP contribution in [0.1, 0.15) is 75.2 Å². The number of aromatic nitrogens is 1. The monoisotopic (exact) mass is 528 g/mol. The molecule has 6 heteroatoms. The molecule has 0 atom stereocenters. The summed E-state index contributed by atoms with van der Waals surface area (Å²) in [4.78, 5) is 8.70. The van der Waals surface area contributed by atoms with E-state index in [0.29, 0.717) is 22.4 Å². The maximum absolute atomic E-state index is 15.3. The van der Waals surface area contributed by atoms with Crippen LogP contribution in [-0.4, -0.2) is 29.5 Å². The number of hydrogen-bond donors (Lipinski definition) is 0. The maximum Gasteiger partial charge on any atom is 0.133 e. The lowest BCUT2D eigenvalue weighted by atomic mass is 9.84. The van der Waals surface area contributed by atoms with Crippen molar-refractivity contribution in [1.82, 2.24) is 9.99 Å². The minimum Gasteiger partial charge on any atom is -0.296 e. The second kappa shape index (κ2) is 12.3. The van der Waals surface area contributed by atoms with Gasteiger partial charge in [0.2, 0.25) is 0 Å². The van der Waals surface area contributed by atoms with Crippen molar-refractivity contribution in [3.05, 3.63) is 100 Å². The van der Waals surface area contributed by atoms with E-state index in [4.69, 9.17) is 0 Å². The molecule has 2 aromatic carbocycles. The van der Waals surface area contributed by atoms with Gasteiger partial charge in [-0.3, -0.25) is 15.0 Å².